The van der Waals surface area contributed by atoms with Gasteiger partial charge in [0.1, 0.15) is 5.75 Å². The summed E-state index contributed by atoms with van der Waals surface area (Å²) in [4.78, 5) is 15.7. The van der Waals surface area contributed by atoms with Crippen LogP contribution in [0.3, 0.4) is 0 Å². The van der Waals surface area contributed by atoms with E-state index in [1.807, 2.05) is 54.7 Å². The van der Waals surface area contributed by atoms with Crippen LogP contribution < -0.4 is 14.8 Å². The van der Waals surface area contributed by atoms with Gasteiger partial charge in [-0.2, -0.15) is 0 Å². The van der Waals surface area contributed by atoms with Gasteiger partial charge in [-0.1, -0.05) is 18.2 Å². The largest absolute Gasteiger partial charge is 0.493 e. The van der Waals surface area contributed by atoms with E-state index in [-0.39, 0.29) is 5.91 Å². The van der Waals surface area contributed by atoms with Crippen molar-refractivity contribution < 1.29 is 14.3 Å². The highest BCUT2D eigenvalue weighted by Crippen LogP contribution is 2.31. The van der Waals surface area contributed by atoms with E-state index in [2.05, 4.69) is 10.3 Å². The topological polar surface area (TPSA) is 63.4 Å². The maximum Gasteiger partial charge on any atom is 0.256 e. The number of fused-ring (bicyclic) bond motifs is 1. The average Bonchev–Trinajstić information content (AvgIpc) is 3.18. The second kappa shape index (κ2) is 7.25. The Morgan fingerprint density at radius 2 is 1.67 bits per heavy atom. The maximum absolute atomic E-state index is 12.6. The molecule has 27 heavy (non-hydrogen) atoms. The number of carbonyl (C=O) groups is 1. The van der Waals surface area contributed by atoms with Gasteiger partial charge in [-0.25, -0.2) is 0 Å². The van der Waals surface area contributed by atoms with Gasteiger partial charge >= 0.3 is 0 Å². The van der Waals surface area contributed by atoms with Crippen LogP contribution in [-0.4, -0.2) is 18.0 Å². The Bertz CT molecular complexity index is 1080. The lowest BCUT2D eigenvalue weighted by Gasteiger charge is -2.11. The second-order valence-corrected chi connectivity index (χ2v) is 5.98. The highest BCUT2D eigenvalue weighted by atomic mass is 16.5. The number of aromatic amines is 1. The van der Waals surface area contributed by atoms with E-state index >= 15 is 0 Å². The van der Waals surface area contributed by atoms with Gasteiger partial charge in [-0.15, -0.1) is 0 Å². The Morgan fingerprint density at radius 1 is 0.889 bits per heavy atom. The number of benzene rings is 3. The number of nitrogens with one attached hydrogen (secondary N) is 2. The zero-order chi connectivity index (χ0) is 18.6. The van der Waals surface area contributed by atoms with Crippen LogP contribution in [0.5, 0.6) is 17.2 Å². The Kier molecular flexibility index (Phi) is 4.49. The molecule has 0 spiro atoms. The predicted octanol–water partition coefficient (Wildman–Crippen LogP) is 5.22. The minimum Gasteiger partial charge on any atom is -0.493 e. The number of methoxy groups -OCH3 is 1. The monoisotopic (exact) mass is 358 g/mol. The summed E-state index contributed by atoms with van der Waals surface area (Å²) in [7, 11) is 1.60. The maximum atomic E-state index is 12.6. The lowest BCUT2D eigenvalue weighted by molar-refractivity contribution is 0.102. The molecule has 0 fully saturated rings. The molecule has 0 atom stereocenters. The van der Waals surface area contributed by atoms with E-state index in [9.17, 15) is 4.79 Å². The van der Waals surface area contributed by atoms with Crippen LogP contribution >= 0.6 is 0 Å². The number of rotatable bonds is 5. The van der Waals surface area contributed by atoms with Crippen molar-refractivity contribution in [1.29, 1.82) is 0 Å². The average molecular weight is 358 g/mol. The third-order valence-electron chi connectivity index (χ3n) is 4.25. The molecule has 0 aliphatic rings. The van der Waals surface area contributed by atoms with E-state index in [0.29, 0.717) is 28.5 Å². The molecular weight excluding hydrogens is 340 g/mol. The Morgan fingerprint density at radius 3 is 2.44 bits per heavy atom. The lowest BCUT2D eigenvalue weighted by atomic mass is 10.1. The molecule has 134 valence electrons. The molecule has 2 N–H and O–H groups in total. The number of hydrogen-bond acceptors (Lipinski definition) is 3. The predicted molar refractivity (Wildman–Crippen MR) is 106 cm³/mol. The standard InChI is InChI=1S/C22H18N2O3/c1-26-20-7-2-3-8-21(20)27-16-11-9-15(10-12-16)24-22(25)18-5-4-6-19-17(18)13-14-23-19/h2-14,23H,1H3,(H,24,25). The first-order valence-corrected chi connectivity index (χ1v) is 8.53. The van der Waals surface area contributed by atoms with Crippen LogP contribution in [0.15, 0.2) is 79.0 Å². The van der Waals surface area contributed by atoms with Crippen molar-refractivity contribution in [3.05, 3.63) is 84.6 Å². The zero-order valence-electron chi connectivity index (χ0n) is 14.7. The number of hydrogen-bond donors (Lipinski definition) is 2. The summed E-state index contributed by atoms with van der Waals surface area (Å²) < 4.78 is 11.1. The van der Waals surface area contributed by atoms with Crippen LogP contribution in [-0.2, 0) is 0 Å². The zero-order valence-corrected chi connectivity index (χ0v) is 14.7. The molecule has 0 radical (unpaired) electrons. The van der Waals surface area contributed by atoms with Gasteiger partial charge in [-0.05, 0) is 54.6 Å². The molecule has 1 amide bonds. The van der Waals surface area contributed by atoms with E-state index in [0.717, 1.165) is 10.9 Å². The van der Waals surface area contributed by atoms with E-state index in [1.165, 1.54) is 0 Å². The number of anilines is 1. The summed E-state index contributed by atoms with van der Waals surface area (Å²) in [6.07, 6.45) is 1.82. The molecule has 1 heterocycles. The molecule has 0 aliphatic heterocycles. The fraction of sp³-hybridized carbons (Fsp3) is 0.0455. The Hall–Kier alpha value is -3.73. The van der Waals surface area contributed by atoms with Crippen LogP contribution in [0, 0.1) is 0 Å². The Balaban J connectivity index is 1.49. The molecule has 1 aromatic heterocycles. The summed E-state index contributed by atoms with van der Waals surface area (Å²) in [5, 5.41) is 3.82. The molecule has 0 saturated heterocycles. The van der Waals surface area contributed by atoms with Crippen LogP contribution in [0.4, 0.5) is 5.69 Å². The van der Waals surface area contributed by atoms with Crippen molar-refractivity contribution in [2.75, 3.05) is 12.4 Å². The summed E-state index contributed by atoms with van der Waals surface area (Å²) >= 11 is 0. The van der Waals surface area contributed by atoms with Gasteiger partial charge in [0.15, 0.2) is 11.5 Å². The SMILES string of the molecule is COc1ccccc1Oc1ccc(NC(=O)c2cccc3[nH]ccc23)cc1. The van der Waals surface area contributed by atoms with E-state index < -0.39 is 0 Å². The molecule has 0 unspecified atom stereocenters. The molecule has 3 aromatic carbocycles. The van der Waals surface area contributed by atoms with Gasteiger partial charge in [0.25, 0.3) is 5.91 Å². The summed E-state index contributed by atoms with van der Waals surface area (Å²) in [5.41, 5.74) is 2.26. The third kappa shape index (κ3) is 3.48. The quantitative estimate of drug-likeness (QED) is 0.514. The molecule has 5 heteroatoms. The molecule has 4 aromatic rings. The van der Waals surface area contributed by atoms with E-state index in [4.69, 9.17) is 9.47 Å². The normalized spacial score (nSPS) is 10.6. The molecule has 5 nitrogen and oxygen atoms in total. The fourth-order valence-corrected chi connectivity index (χ4v) is 2.92. The third-order valence-corrected chi connectivity index (χ3v) is 4.25. The van der Waals surface area contributed by atoms with Crippen molar-refractivity contribution in [3.8, 4) is 17.2 Å². The van der Waals surface area contributed by atoms with Crippen molar-refractivity contribution in [1.82, 2.24) is 4.98 Å². The molecular formula is C22H18N2O3. The number of amides is 1. The first kappa shape index (κ1) is 16.7. The number of ether oxygens (including phenoxy) is 2. The lowest BCUT2D eigenvalue weighted by Crippen LogP contribution is -2.12. The highest BCUT2D eigenvalue weighted by molar-refractivity contribution is 6.12. The first-order chi connectivity index (χ1) is 13.2. The minimum absolute atomic E-state index is 0.154. The Labute approximate surface area is 156 Å². The van der Waals surface area contributed by atoms with Crippen LogP contribution in [0.25, 0.3) is 10.9 Å². The van der Waals surface area contributed by atoms with Crippen molar-refractivity contribution >= 4 is 22.5 Å². The van der Waals surface area contributed by atoms with Gasteiger partial charge in [0.2, 0.25) is 0 Å². The van der Waals surface area contributed by atoms with Gasteiger partial charge in [-0.3, -0.25) is 4.79 Å². The highest BCUT2D eigenvalue weighted by Gasteiger charge is 2.11. The molecule has 4 rings (SSSR count). The second-order valence-electron chi connectivity index (χ2n) is 5.98. The first-order valence-electron chi connectivity index (χ1n) is 8.53. The van der Waals surface area contributed by atoms with Crippen molar-refractivity contribution in [2.24, 2.45) is 0 Å². The number of carbonyl (C=O) groups excluding carboxylic acids is 1. The number of aromatic nitrogens is 1. The minimum atomic E-state index is -0.154. The summed E-state index contributed by atoms with van der Waals surface area (Å²) in [6, 6.07) is 22.2. The van der Waals surface area contributed by atoms with Gasteiger partial charge in [0, 0.05) is 28.4 Å². The van der Waals surface area contributed by atoms with Crippen molar-refractivity contribution in [2.45, 2.75) is 0 Å². The summed E-state index contributed by atoms with van der Waals surface area (Å²) in [6.45, 7) is 0. The van der Waals surface area contributed by atoms with Crippen molar-refractivity contribution in [3.63, 3.8) is 0 Å². The summed E-state index contributed by atoms with van der Waals surface area (Å²) in [5.74, 6) is 1.80. The van der Waals surface area contributed by atoms with Gasteiger partial charge in [0.05, 0.1) is 7.11 Å². The van der Waals surface area contributed by atoms with Gasteiger partial charge < -0.3 is 19.8 Å². The molecule has 0 bridgehead atoms. The van der Waals surface area contributed by atoms with E-state index in [1.54, 1.807) is 31.4 Å². The number of H-pyrrole nitrogens is 1. The molecule has 0 aliphatic carbocycles. The number of para-hydroxylation sites is 2. The fourth-order valence-electron chi connectivity index (χ4n) is 2.92. The smallest absolute Gasteiger partial charge is 0.256 e. The van der Waals surface area contributed by atoms with Crippen LogP contribution in [0.2, 0.25) is 0 Å². The van der Waals surface area contributed by atoms with Crippen LogP contribution in [0.1, 0.15) is 10.4 Å². The molecule has 0 saturated carbocycles.